The highest BCUT2D eigenvalue weighted by molar-refractivity contribution is 6.31. The molecular formula is C16H26ClN3. The molecule has 3 nitrogen and oxygen atoms in total. The maximum absolute atomic E-state index is 7.44. The van der Waals surface area contributed by atoms with E-state index >= 15 is 0 Å². The number of hydrogen-bond donors (Lipinski definition) is 2. The molecule has 0 aromatic heterocycles. The highest BCUT2D eigenvalue weighted by atomic mass is 35.5. The molecule has 1 rings (SSSR count). The Bertz CT molecular complexity index is 445. The van der Waals surface area contributed by atoms with Crippen molar-refractivity contribution in [3.05, 3.63) is 34.3 Å². The summed E-state index contributed by atoms with van der Waals surface area (Å²) in [6, 6.07) is 6.19. The lowest BCUT2D eigenvalue weighted by Gasteiger charge is -2.28. The van der Waals surface area contributed by atoms with E-state index in [0.29, 0.717) is 16.6 Å². The smallest absolute Gasteiger partial charge is 0.122 e. The van der Waals surface area contributed by atoms with E-state index in [-0.39, 0.29) is 5.84 Å². The summed E-state index contributed by atoms with van der Waals surface area (Å²) >= 11 is 6.32. The maximum Gasteiger partial charge on any atom is 0.122 e. The number of amidine groups is 1. The molecule has 0 aliphatic rings. The molecule has 0 heterocycles. The molecule has 112 valence electrons. The predicted octanol–water partition coefficient (Wildman–Crippen LogP) is 4.02. The van der Waals surface area contributed by atoms with Crippen molar-refractivity contribution in [1.82, 2.24) is 4.90 Å². The second kappa shape index (κ2) is 8.28. The van der Waals surface area contributed by atoms with Crippen LogP contribution in [-0.4, -0.2) is 23.3 Å². The second-order valence-corrected chi connectivity index (χ2v) is 5.71. The molecular weight excluding hydrogens is 270 g/mol. The van der Waals surface area contributed by atoms with Gasteiger partial charge in [0.1, 0.15) is 5.84 Å². The fourth-order valence-corrected chi connectivity index (χ4v) is 2.38. The van der Waals surface area contributed by atoms with Gasteiger partial charge in [-0.1, -0.05) is 44.0 Å². The number of halogens is 1. The van der Waals surface area contributed by atoms with Gasteiger partial charge in [0.2, 0.25) is 0 Å². The van der Waals surface area contributed by atoms with E-state index in [4.69, 9.17) is 22.7 Å². The minimum Gasteiger partial charge on any atom is -0.384 e. The molecule has 0 saturated carbocycles. The average molecular weight is 296 g/mol. The standard InChI is InChI=1S/C16H26ClN3/c1-4-6-9-20(12(3)5-2)11-14-8-7-13(16(18)19)10-15(14)17/h7-8,10,12H,4-6,9,11H2,1-3H3,(H3,18,19). The van der Waals surface area contributed by atoms with Crippen molar-refractivity contribution >= 4 is 17.4 Å². The van der Waals surface area contributed by atoms with Gasteiger partial charge in [0, 0.05) is 23.2 Å². The fourth-order valence-electron chi connectivity index (χ4n) is 2.14. The van der Waals surface area contributed by atoms with Crippen molar-refractivity contribution < 1.29 is 0 Å². The first-order chi connectivity index (χ1) is 9.49. The van der Waals surface area contributed by atoms with E-state index in [0.717, 1.165) is 25.1 Å². The Labute approximate surface area is 127 Å². The molecule has 4 heteroatoms. The molecule has 0 bridgehead atoms. The summed E-state index contributed by atoms with van der Waals surface area (Å²) in [5.41, 5.74) is 7.27. The zero-order valence-electron chi connectivity index (χ0n) is 12.7. The largest absolute Gasteiger partial charge is 0.384 e. The fraction of sp³-hybridized carbons (Fsp3) is 0.562. The second-order valence-electron chi connectivity index (χ2n) is 5.30. The third kappa shape index (κ3) is 4.80. The quantitative estimate of drug-likeness (QED) is 0.562. The van der Waals surface area contributed by atoms with Crippen LogP contribution in [0.1, 0.15) is 51.2 Å². The van der Waals surface area contributed by atoms with E-state index in [1.807, 2.05) is 12.1 Å². The van der Waals surface area contributed by atoms with Crippen LogP contribution in [0.15, 0.2) is 18.2 Å². The number of unbranched alkanes of at least 4 members (excludes halogenated alkanes) is 1. The van der Waals surface area contributed by atoms with Crippen LogP contribution >= 0.6 is 11.6 Å². The Morgan fingerprint density at radius 2 is 2.10 bits per heavy atom. The number of nitrogens with two attached hydrogens (primary N) is 1. The zero-order chi connectivity index (χ0) is 15.1. The summed E-state index contributed by atoms with van der Waals surface area (Å²) in [5.74, 6) is 0.0585. The van der Waals surface area contributed by atoms with Crippen LogP contribution in [-0.2, 0) is 6.54 Å². The van der Waals surface area contributed by atoms with Gasteiger partial charge < -0.3 is 5.73 Å². The molecule has 0 aliphatic carbocycles. The van der Waals surface area contributed by atoms with Gasteiger partial charge in [0.05, 0.1) is 0 Å². The van der Waals surface area contributed by atoms with Crippen LogP contribution in [0.25, 0.3) is 0 Å². The van der Waals surface area contributed by atoms with Crippen molar-refractivity contribution in [2.24, 2.45) is 5.73 Å². The molecule has 1 unspecified atom stereocenters. The van der Waals surface area contributed by atoms with Crippen LogP contribution in [0.3, 0.4) is 0 Å². The van der Waals surface area contributed by atoms with Gasteiger partial charge >= 0.3 is 0 Å². The third-order valence-electron chi connectivity index (χ3n) is 3.75. The lowest BCUT2D eigenvalue weighted by atomic mass is 10.1. The Morgan fingerprint density at radius 3 is 2.60 bits per heavy atom. The van der Waals surface area contributed by atoms with E-state index in [9.17, 15) is 0 Å². The van der Waals surface area contributed by atoms with Crippen LogP contribution in [0, 0.1) is 5.41 Å². The number of nitrogens with one attached hydrogen (secondary N) is 1. The molecule has 1 atom stereocenters. The van der Waals surface area contributed by atoms with Crippen molar-refractivity contribution in [3.63, 3.8) is 0 Å². The highest BCUT2D eigenvalue weighted by Gasteiger charge is 2.14. The van der Waals surface area contributed by atoms with Crippen molar-refractivity contribution in [2.45, 2.75) is 52.6 Å². The van der Waals surface area contributed by atoms with Gasteiger partial charge in [0.15, 0.2) is 0 Å². The normalized spacial score (nSPS) is 12.7. The third-order valence-corrected chi connectivity index (χ3v) is 4.10. The topological polar surface area (TPSA) is 53.1 Å². The van der Waals surface area contributed by atoms with Crippen molar-refractivity contribution in [2.75, 3.05) is 6.54 Å². The van der Waals surface area contributed by atoms with Crippen LogP contribution in [0.4, 0.5) is 0 Å². The molecule has 0 aliphatic heterocycles. The number of hydrogen-bond acceptors (Lipinski definition) is 2. The summed E-state index contributed by atoms with van der Waals surface area (Å²) in [6.07, 6.45) is 3.53. The highest BCUT2D eigenvalue weighted by Crippen LogP contribution is 2.21. The molecule has 0 radical (unpaired) electrons. The molecule has 3 N–H and O–H groups in total. The van der Waals surface area contributed by atoms with Crippen molar-refractivity contribution in [1.29, 1.82) is 5.41 Å². The zero-order valence-corrected chi connectivity index (χ0v) is 13.5. The van der Waals surface area contributed by atoms with Crippen LogP contribution in [0.5, 0.6) is 0 Å². The molecule has 1 aromatic rings. The van der Waals surface area contributed by atoms with Crippen LogP contribution < -0.4 is 5.73 Å². The summed E-state index contributed by atoms with van der Waals surface area (Å²) in [5, 5.41) is 8.14. The van der Waals surface area contributed by atoms with E-state index in [2.05, 4.69) is 25.7 Å². The van der Waals surface area contributed by atoms with E-state index < -0.39 is 0 Å². The molecule has 0 fully saturated rings. The molecule has 1 aromatic carbocycles. The lowest BCUT2D eigenvalue weighted by Crippen LogP contribution is -2.33. The van der Waals surface area contributed by atoms with Gasteiger partial charge in [-0.05, 0) is 37.9 Å². The SMILES string of the molecule is CCCCN(Cc1ccc(C(=N)N)cc1Cl)C(C)CC. The average Bonchev–Trinajstić information content (AvgIpc) is 2.43. The first kappa shape index (κ1) is 17.0. The summed E-state index contributed by atoms with van der Waals surface area (Å²) < 4.78 is 0. The predicted molar refractivity (Wildman–Crippen MR) is 87.5 cm³/mol. The molecule has 0 saturated heterocycles. The summed E-state index contributed by atoms with van der Waals surface area (Å²) in [7, 11) is 0. The van der Waals surface area contributed by atoms with Crippen LogP contribution in [0.2, 0.25) is 5.02 Å². The first-order valence-electron chi connectivity index (χ1n) is 7.36. The Hall–Kier alpha value is -1.06. The maximum atomic E-state index is 7.44. The Kier molecular flexibility index (Phi) is 7.03. The van der Waals surface area contributed by atoms with Crippen molar-refractivity contribution in [3.8, 4) is 0 Å². The first-order valence-corrected chi connectivity index (χ1v) is 7.74. The summed E-state index contributed by atoms with van der Waals surface area (Å²) in [4.78, 5) is 2.47. The van der Waals surface area contributed by atoms with Gasteiger partial charge in [-0.15, -0.1) is 0 Å². The summed E-state index contributed by atoms with van der Waals surface area (Å²) in [6.45, 7) is 8.63. The Balaban J connectivity index is 2.84. The number of rotatable bonds is 8. The molecule has 0 amide bonds. The lowest BCUT2D eigenvalue weighted by molar-refractivity contribution is 0.192. The van der Waals surface area contributed by atoms with Gasteiger partial charge in [-0.2, -0.15) is 0 Å². The molecule has 0 spiro atoms. The Morgan fingerprint density at radius 1 is 1.40 bits per heavy atom. The monoisotopic (exact) mass is 295 g/mol. The minimum absolute atomic E-state index is 0.0585. The number of nitrogens with zero attached hydrogens (tertiary/aromatic N) is 1. The van der Waals surface area contributed by atoms with E-state index in [1.54, 1.807) is 6.07 Å². The van der Waals surface area contributed by atoms with Gasteiger partial charge in [-0.25, -0.2) is 0 Å². The van der Waals surface area contributed by atoms with Gasteiger partial charge in [-0.3, -0.25) is 10.3 Å². The minimum atomic E-state index is 0.0585. The number of nitrogen functional groups attached to an aromatic ring is 1. The van der Waals surface area contributed by atoms with Gasteiger partial charge in [0.25, 0.3) is 0 Å². The molecule has 20 heavy (non-hydrogen) atoms. The number of benzene rings is 1. The van der Waals surface area contributed by atoms with E-state index in [1.165, 1.54) is 12.8 Å².